The molecule has 122 valence electrons. The molecule has 0 unspecified atom stereocenters. The zero-order chi connectivity index (χ0) is 17.1. The van der Waals surface area contributed by atoms with Crippen LogP contribution in [0.25, 0.3) is 0 Å². The van der Waals surface area contributed by atoms with Crippen molar-refractivity contribution >= 4 is 22.2 Å². The summed E-state index contributed by atoms with van der Waals surface area (Å²) >= 11 is 0. The fourth-order valence-electron chi connectivity index (χ4n) is 1.85. The van der Waals surface area contributed by atoms with Crippen LogP contribution < -0.4 is 11.1 Å². The molecule has 0 radical (unpaired) electrons. The lowest BCUT2D eigenvalue weighted by Gasteiger charge is -2.12. The Kier molecular flexibility index (Phi) is 8.27. The molecule has 0 spiro atoms. The van der Waals surface area contributed by atoms with Gasteiger partial charge in [0.25, 0.3) is 0 Å². The minimum atomic E-state index is -3.11. The van der Waals surface area contributed by atoms with Crippen LogP contribution >= 0.6 is 0 Å². The number of carbonyl (C=O) groups excluding carboxylic acids is 1. The van der Waals surface area contributed by atoms with Gasteiger partial charge in [-0.2, -0.15) is 0 Å². The Hall–Kier alpha value is -2.51. The van der Waals surface area contributed by atoms with E-state index in [1.807, 2.05) is 60.7 Å². The van der Waals surface area contributed by atoms with E-state index < -0.39 is 16.7 Å². The van der Waals surface area contributed by atoms with Gasteiger partial charge in [-0.3, -0.25) is 4.79 Å². The van der Waals surface area contributed by atoms with Crippen LogP contribution in [-0.2, 0) is 21.8 Å². The number of anilines is 1. The van der Waals surface area contributed by atoms with Crippen LogP contribution in [0.1, 0.15) is 12.0 Å². The molecular formula is C16H18N2O4S. The van der Waals surface area contributed by atoms with E-state index in [0.717, 1.165) is 12.1 Å². The molecule has 2 rings (SSSR count). The summed E-state index contributed by atoms with van der Waals surface area (Å²) in [5.41, 5.74) is 7.88. The first-order chi connectivity index (χ1) is 11.0. The highest BCUT2D eigenvalue weighted by atomic mass is 32.2. The van der Waals surface area contributed by atoms with Gasteiger partial charge in [0.05, 0.1) is 6.04 Å². The number of amides is 1. The lowest BCUT2D eigenvalue weighted by Crippen LogP contribution is -2.35. The number of nitrogens with one attached hydrogen (secondary N) is 1. The van der Waals surface area contributed by atoms with Gasteiger partial charge in [-0.05, 0) is 30.5 Å². The summed E-state index contributed by atoms with van der Waals surface area (Å²) in [6.45, 7) is 0. The summed E-state index contributed by atoms with van der Waals surface area (Å²) in [5, 5.41) is 2.81. The Morgan fingerprint density at radius 1 is 0.957 bits per heavy atom. The van der Waals surface area contributed by atoms with Crippen molar-refractivity contribution in [2.24, 2.45) is 5.73 Å². The van der Waals surface area contributed by atoms with E-state index in [1.54, 1.807) is 0 Å². The Morgan fingerprint density at radius 3 is 1.96 bits per heavy atom. The van der Waals surface area contributed by atoms with Gasteiger partial charge < -0.3 is 11.1 Å². The topological polar surface area (TPSA) is 106 Å². The number of hydrogen-bond donors (Lipinski definition) is 2. The summed E-state index contributed by atoms with van der Waals surface area (Å²) in [4.78, 5) is 11.9. The molecule has 23 heavy (non-hydrogen) atoms. The molecule has 0 aliphatic rings. The van der Waals surface area contributed by atoms with Gasteiger partial charge in [0.1, 0.15) is 0 Å². The Morgan fingerprint density at radius 2 is 1.43 bits per heavy atom. The Bertz CT molecular complexity index is 696. The van der Waals surface area contributed by atoms with Crippen LogP contribution in [-0.4, -0.2) is 24.6 Å². The molecule has 0 aromatic heterocycles. The van der Waals surface area contributed by atoms with E-state index in [0.29, 0.717) is 6.42 Å². The van der Waals surface area contributed by atoms with Gasteiger partial charge in [0.2, 0.25) is 5.91 Å². The third kappa shape index (κ3) is 8.50. The van der Waals surface area contributed by atoms with E-state index in [1.165, 1.54) is 5.56 Å². The minimum Gasteiger partial charge on any atom is -0.325 e. The molecule has 2 aromatic rings. The molecule has 2 aromatic carbocycles. The van der Waals surface area contributed by atoms with Crippen molar-refractivity contribution in [3.05, 3.63) is 66.2 Å². The number of para-hydroxylation sites is 1. The summed E-state index contributed by atoms with van der Waals surface area (Å²) in [5.74, 6) is -0.137. The van der Waals surface area contributed by atoms with E-state index in [9.17, 15) is 4.79 Å². The van der Waals surface area contributed by atoms with Crippen molar-refractivity contribution in [2.45, 2.75) is 18.9 Å². The number of carbonyl (C=O) groups is 1. The molecule has 0 saturated heterocycles. The lowest BCUT2D eigenvalue weighted by molar-refractivity contribution is -0.117. The van der Waals surface area contributed by atoms with Gasteiger partial charge in [0.15, 0.2) is 0 Å². The number of hydrogen-bond acceptors (Lipinski definition) is 5. The summed E-state index contributed by atoms with van der Waals surface area (Å²) in [6, 6.07) is 18.9. The Labute approximate surface area is 136 Å². The second-order valence-electron chi connectivity index (χ2n) is 4.69. The van der Waals surface area contributed by atoms with E-state index >= 15 is 0 Å². The quantitative estimate of drug-likeness (QED) is 0.863. The molecule has 0 heterocycles. The molecule has 6 nitrogen and oxygen atoms in total. The first kappa shape index (κ1) is 18.5. The van der Waals surface area contributed by atoms with Crippen molar-refractivity contribution in [2.75, 3.05) is 5.32 Å². The van der Waals surface area contributed by atoms with Crippen LogP contribution in [0.4, 0.5) is 5.69 Å². The Balaban J connectivity index is 0.000000593. The van der Waals surface area contributed by atoms with Gasteiger partial charge in [-0.15, -0.1) is 12.6 Å². The average Bonchev–Trinajstić information content (AvgIpc) is 2.54. The molecule has 0 aliphatic heterocycles. The molecule has 0 saturated carbocycles. The average molecular weight is 334 g/mol. The number of rotatable bonds is 5. The third-order valence-corrected chi connectivity index (χ3v) is 2.96. The van der Waals surface area contributed by atoms with E-state index in [2.05, 4.69) is 5.32 Å². The number of aryl methyl sites for hydroxylation is 1. The lowest BCUT2D eigenvalue weighted by atomic mass is 10.1. The molecule has 1 amide bonds. The van der Waals surface area contributed by atoms with Crippen LogP contribution in [0.5, 0.6) is 0 Å². The maximum atomic E-state index is 11.9. The molecule has 0 bridgehead atoms. The zero-order valence-corrected chi connectivity index (χ0v) is 13.2. The van der Waals surface area contributed by atoms with Crippen LogP contribution in [0.3, 0.4) is 0 Å². The molecular weight excluding hydrogens is 316 g/mol. The van der Waals surface area contributed by atoms with Crippen molar-refractivity contribution in [1.82, 2.24) is 0 Å². The maximum absolute atomic E-state index is 11.9. The second-order valence-corrected chi connectivity index (χ2v) is 5.10. The maximum Gasteiger partial charge on any atom is 0.425 e. The highest BCUT2D eigenvalue weighted by Gasteiger charge is 2.13. The summed E-state index contributed by atoms with van der Waals surface area (Å²) in [7, 11) is -3.11. The second kappa shape index (κ2) is 10.3. The van der Waals surface area contributed by atoms with Crippen molar-refractivity contribution in [3.8, 4) is 0 Å². The molecule has 0 aliphatic carbocycles. The summed E-state index contributed by atoms with van der Waals surface area (Å²) in [6.07, 6.45) is 1.45. The third-order valence-electron chi connectivity index (χ3n) is 2.96. The monoisotopic (exact) mass is 334 g/mol. The van der Waals surface area contributed by atoms with Crippen molar-refractivity contribution in [1.29, 1.82) is 0 Å². The van der Waals surface area contributed by atoms with Gasteiger partial charge in [-0.25, -0.2) is 0 Å². The van der Waals surface area contributed by atoms with Gasteiger partial charge in [-0.1, -0.05) is 48.5 Å². The molecule has 7 heteroatoms. The van der Waals surface area contributed by atoms with E-state index in [4.69, 9.17) is 18.4 Å². The fraction of sp³-hybridized carbons (Fsp3) is 0.188. The van der Waals surface area contributed by atoms with Gasteiger partial charge in [0, 0.05) is 5.69 Å². The van der Waals surface area contributed by atoms with Crippen LogP contribution in [0.15, 0.2) is 60.7 Å². The normalized spacial score (nSPS) is 10.8. The smallest absolute Gasteiger partial charge is 0.325 e. The first-order valence-corrected chi connectivity index (χ1v) is 7.91. The fourth-order valence-corrected chi connectivity index (χ4v) is 1.85. The summed E-state index contributed by atoms with van der Waals surface area (Å²) < 4.78 is 25.3. The highest BCUT2D eigenvalue weighted by Crippen LogP contribution is 2.08. The van der Waals surface area contributed by atoms with E-state index in [-0.39, 0.29) is 5.91 Å². The number of benzene rings is 2. The minimum absolute atomic E-state index is 0.137. The predicted molar refractivity (Wildman–Crippen MR) is 87.5 cm³/mol. The van der Waals surface area contributed by atoms with Crippen LogP contribution in [0, 0.1) is 0 Å². The number of nitrogens with two attached hydrogens (primary N) is 1. The standard InChI is InChI=1S/C16H18N2O.O3S/c17-15(12-11-13-7-3-1-4-8-13)16(19)18-14-9-5-2-6-10-14;1-4(2)3/h1-10,15H,11-12,17H2,(H,18,19);/t15-;/m0./s1. The first-order valence-electron chi connectivity index (χ1n) is 6.91. The molecule has 0 fully saturated rings. The zero-order valence-electron chi connectivity index (χ0n) is 12.4. The largest absolute Gasteiger partial charge is 0.425 e. The van der Waals surface area contributed by atoms with Crippen molar-refractivity contribution < 1.29 is 17.4 Å². The molecule has 3 N–H and O–H groups in total. The predicted octanol–water partition coefficient (Wildman–Crippen LogP) is 1.58. The SMILES string of the molecule is N[C@@H](CCc1ccccc1)C(=O)Nc1ccccc1.O=S(=O)=O. The van der Waals surface area contributed by atoms with Crippen molar-refractivity contribution in [3.63, 3.8) is 0 Å². The highest BCUT2D eigenvalue weighted by molar-refractivity contribution is 7.59. The van der Waals surface area contributed by atoms with Gasteiger partial charge >= 0.3 is 10.6 Å². The molecule has 1 atom stereocenters. The van der Waals surface area contributed by atoms with Crippen LogP contribution in [0.2, 0.25) is 0 Å².